The summed E-state index contributed by atoms with van der Waals surface area (Å²) in [5.41, 5.74) is 17.4. The number of anilines is 1. The largest absolute Gasteiger partial charge is 0.472 e. The molecule has 1 saturated heterocycles. The molecular formula is C27H30N5O4+. The summed E-state index contributed by atoms with van der Waals surface area (Å²) >= 11 is 0. The van der Waals surface area contributed by atoms with Crippen molar-refractivity contribution in [2.45, 2.75) is 26.6 Å². The van der Waals surface area contributed by atoms with Crippen LogP contribution in [0.5, 0.6) is 0 Å². The van der Waals surface area contributed by atoms with E-state index in [1.165, 1.54) is 0 Å². The van der Waals surface area contributed by atoms with Crippen molar-refractivity contribution in [3.05, 3.63) is 78.2 Å². The van der Waals surface area contributed by atoms with Gasteiger partial charge in [-0.2, -0.15) is 0 Å². The average molecular weight is 489 g/mol. The van der Waals surface area contributed by atoms with Crippen LogP contribution in [-0.2, 0) is 14.3 Å². The molecule has 1 amide bonds. The lowest BCUT2D eigenvalue weighted by molar-refractivity contribution is -0.361. The van der Waals surface area contributed by atoms with Gasteiger partial charge in [0.25, 0.3) is 0 Å². The topological polar surface area (TPSA) is 129 Å². The minimum Gasteiger partial charge on any atom is -0.472 e. The van der Waals surface area contributed by atoms with Crippen LogP contribution >= 0.6 is 0 Å². The van der Waals surface area contributed by atoms with Gasteiger partial charge in [-0.05, 0) is 31.2 Å². The number of nitrogen functional groups attached to an aromatic ring is 1. The van der Waals surface area contributed by atoms with Gasteiger partial charge < -0.3 is 25.4 Å². The highest BCUT2D eigenvalue weighted by Gasteiger charge is 2.31. The summed E-state index contributed by atoms with van der Waals surface area (Å²) in [5, 5.41) is 0. The van der Waals surface area contributed by atoms with Crippen molar-refractivity contribution in [2.75, 3.05) is 25.5 Å². The third-order valence-electron chi connectivity index (χ3n) is 5.88. The number of aliphatic imine (C=N–C) groups is 1. The predicted molar refractivity (Wildman–Crippen MR) is 138 cm³/mol. The fourth-order valence-corrected chi connectivity index (χ4v) is 3.90. The maximum Gasteiger partial charge on any atom is 0.440 e. The molecule has 1 fully saturated rings. The highest BCUT2D eigenvalue weighted by molar-refractivity contribution is 6.03. The monoisotopic (exact) mass is 488 g/mol. The standard InChI is InChI=1S/C27H30N5O4/c1-3-23(28)27(33)32(18(2)19-4-8-30-9-5-19)25-14-21(16-31-10-6-26-35-12-13-36-26)24(29)15-22(25)20-7-11-34-17-20/h3-5,7-9,11,14-17,26H,6,10,12-13,28-29H2,1-2H3/q+1/b23-3-,31-16?,32-18?. The van der Waals surface area contributed by atoms with Crippen LogP contribution in [0.25, 0.3) is 11.1 Å². The molecule has 36 heavy (non-hydrogen) atoms. The highest BCUT2D eigenvalue weighted by Crippen LogP contribution is 2.35. The van der Waals surface area contributed by atoms with Gasteiger partial charge in [-0.3, -0.25) is 9.98 Å². The lowest BCUT2D eigenvalue weighted by Gasteiger charge is -2.12. The second-order valence-electron chi connectivity index (χ2n) is 8.21. The van der Waals surface area contributed by atoms with E-state index in [1.54, 1.807) is 48.7 Å². The number of amides is 1. The Morgan fingerprint density at radius 2 is 1.97 bits per heavy atom. The zero-order chi connectivity index (χ0) is 25.5. The number of nitrogens with zero attached hydrogens (tertiary/aromatic N) is 3. The van der Waals surface area contributed by atoms with E-state index in [1.807, 2.05) is 37.3 Å². The molecular weight excluding hydrogens is 458 g/mol. The number of allylic oxidation sites excluding steroid dienone is 1. The number of rotatable bonds is 8. The third kappa shape index (κ3) is 5.59. The first-order valence-corrected chi connectivity index (χ1v) is 11.7. The quantitative estimate of drug-likeness (QED) is 0.214. The molecule has 3 heterocycles. The van der Waals surface area contributed by atoms with Gasteiger partial charge in [0.05, 0.1) is 31.3 Å². The maximum absolute atomic E-state index is 13.6. The number of ether oxygens (including phenoxy) is 2. The van der Waals surface area contributed by atoms with Gasteiger partial charge in [0.15, 0.2) is 12.0 Å². The van der Waals surface area contributed by atoms with Crippen LogP contribution in [0.4, 0.5) is 11.4 Å². The smallest absolute Gasteiger partial charge is 0.440 e. The minimum atomic E-state index is -0.361. The molecule has 0 atom stereocenters. The first-order chi connectivity index (χ1) is 17.5. The van der Waals surface area contributed by atoms with Crippen LogP contribution in [0.3, 0.4) is 0 Å². The molecule has 3 aromatic rings. The Morgan fingerprint density at radius 3 is 2.64 bits per heavy atom. The van der Waals surface area contributed by atoms with Gasteiger partial charge in [0, 0.05) is 66.9 Å². The summed E-state index contributed by atoms with van der Waals surface area (Å²) in [7, 11) is 0. The lowest BCUT2D eigenvalue weighted by Crippen LogP contribution is -2.28. The number of aromatic nitrogens is 1. The van der Waals surface area contributed by atoms with E-state index in [-0.39, 0.29) is 17.9 Å². The second kappa shape index (κ2) is 11.6. The minimum absolute atomic E-state index is 0.116. The van der Waals surface area contributed by atoms with Crippen molar-refractivity contribution in [1.29, 1.82) is 0 Å². The van der Waals surface area contributed by atoms with Gasteiger partial charge in [-0.15, -0.1) is 4.58 Å². The van der Waals surface area contributed by atoms with Crippen molar-refractivity contribution in [1.82, 2.24) is 4.98 Å². The van der Waals surface area contributed by atoms with Crippen molar-refractivity contribution in [3.63, 3.8) is 0 Å². The Hall–Kier alpha value is -4.08. The molecule has 0 unspecified atom stereocenters. The zero-order valence-electron chi connectivity index (χ0n) is 20.4. The third-order valence-corrected chi connectivity index (χ3v) is 5.88. The summed E-state index contributed by atoms with van der Waals surface area (Å²) in [6.45, 7) is 5.31. The summed E-state index contributed by atoms with van der Waals surface area (Å²) in [6.07, 6.45) is 10.2. The molecule has 0 saturated carbocycles. The van der Waals surface area contributed by atoms with Crippen LogP contribution < -0.4 is 11.5 Å². The van der Waals surface area contributed by atoms with E-state index in [2.05, 4.69) is 9.98 Å². The van der Waals surface area contributed by atoms with E-state index >= 15 is 0 Å². The number of furan rings is 1. The first-order valence-electron chi connectivity index (χ1n) is 11.7. The number of hydrogen-bond donors (Lipinski definition) is 2. The Balaban J connectivity index is 1.84. The summed E-state index contributed by atoms with van der Waals surface area (Å²) in [4.78, 5) is 22.2. The maximum atomic E-state index is 13.6. The molecule has 1 aliphatic heterocycles. The number of pyridine rings is 1. The van der Waals surface area contributed by atoms with Crippen molar-refractivity contribution in [2.24, 2.45) is 10.7 Å². The van der Waals surface area contributed by atoms with E-state index in [9.17, 15) is 4.79 Å². The van der Waals surface area contributed by atoms with E-state index in [0.29, 0.717) is 48.8 Å². The Kier molecular flexibility index (Phi) is 8.04. The van der Waals surface area contributed by atoms with Gasteiger partial charge in [-0.1, -0.05) is 6.08 Å². The zero-order valence-corrected chi connectivity index (χ0v) is 20.4. The number of benzene rings is 1. The van der Waals surface area contributed by atoms with Crippen molar-refractivity contribution >= 4 is 29.2 Å². The summed E-state index contributed by atoms with van der Waals surface area (Å²) in [6, 6.07) is 9.15. The molecule has 9 nitrogen and oxygen atoms in total. The van der Waals surface area contributed by atoms with Crippen LogP contribution in [-0.4, -0.2) is 53.4 Å². The van der Waals surface area contributed by atoms with Gasteiger partial charge in [0.2, 0.25) is 5.69 Å². The van der Waals surface area contributed by atoms with Crippen molar-refractivity contribution < 1.29 is 23.3 Å². The van der Waals surface area contributed by atoms with Crippen LogP contribution in [0.15, 0.2) is 76.4 Å². The first kappa shape index (κ1) is 25.0. The number of carbonyl (C=O) groups excluding carboxylic acids is 1. The molecule has 1 aliphatic rings. The summed E-state index contributed by atoms with van der Waals surface area (Å²) in [5.74, 6) is -0.361. The highest BCUT2D eigenvalue weighted by atomic mass is 16.7. The SMILES string of the molecule is C/C=C(\N)C(=O)[N+](=C(C)c1ccncc1)c1cc(C=NCCC2OCCO2)c(N)cc1-c1ccoc1. The molecule has 0 radical (unpaired) electrons. The molecule has 4 rings (SSSR count). The van der Waals surface area contributed by atoms with Crippen LogP contribution in [0.1, 0.15) is 31.4 Å². The Labute approximate surface area is 209 Å². The molecule has 0 bridgehead atoms. The molecule has 9 heteroatoms. The summed E-state index contributed by atoms with van der Waals surface area (Å²) < 4.78 is 17.9. The van der Waals surface area contributed by atoms with Gasteiger partial charge in [0.1, 0.15) is 5.70 Å². The van der Waals surface area contributed by atoms with E-state index < -0.39 is 0 Å². The second-order valence-corrected chi connectivity index (χ2v) is 8.21. The fourth-order valence-electron chi connectivity index (χ4n) is 3.90. The molecule has 0 spiro atoms. The van der Waals surface area contributed by atoms with Crippen LogP contribution in [0, 0.1) is 0 Å². The Morgan fingerprint density at radius 1 is 1.22 bits per heavy atom. The molecule has 186 valence electrons. The molecule has 2 aromatic heterocycles. The molecule has 1 aromatic carbocycles. The van der Waals surface area contributed by atoms with Gasteiger partial charge in [-0.25, -0.2) is 4.79 Å². The molecule has 4 N–H and O–H groups in total. The van der Waals surface area contributed by atoms with Gasteiger partial charge >= 0.3 is 5.91 Å². The normalized spacial score (nSPS) is 15.4. The number of nitrogens with two attached hydrogens (primary N) is 2. The Bertz CT molecular complexity index is 1290. The molecule has 0 aliphatic carbocycles. The van der Waals surface area contributed by atoms with E-state index in [4.69, 9.17) is 25.4 Å². The number of carbonyl (C=O) groups is 1. The predicted octanol–water partition coefficient (Wildman–Crippen LogP) is 3.65. The van der Waals surface area contributed by atoms with Crippen molar-refractivity contribution in [3.8, 4) is 11.1 Å². The van der Waals surface area contributed by atoms with Crippen LogP contribution in [0.2, 0.25) is 0 Å². The fraction of sp³-hybridized carbons (Fsp3) is 0.259. The number of hydrogen-bond acceptors (Lipinski definition) is 8. The van der Waals surface area contributed by atoms with E-state index in [0.717, 1.165) is 16.7 Å². The average Bonchev–Trinajstić information content (AvgIpc) is 3.62. The lowest BCUT2D eigenvalue weighted by atomic mass is 10.0.